The quantitative estimate of drug-likeness (QED) is 0.487. The molecule has 2 nitrogen and oxygen atoms in total. The maximum Gasteiger partial charge on any atom is 0.124 e. The Morgan fingerprint density at radius 1 is 1.30 bits per heavy atom. The average Bonchev–Trinajstić information content (AvgIpc) is 3.06. The topological polar surface area (TPSA) is 17.8 Å². The molecule has 0 radical (unpaired) electrons. The van der Waals surface area contributed by atoms with E-state index in [0.29, 0.717) is 5.88 Å². The summed E-state index contributed by atoms with van der Waals surface area (Å²) in [5, 5.41) is 0. The van der Waals surface area contributed by atoms with Crippen LogP contribution in [0.25, 0.3) is 11.0 Å². The van der Waals surface area contributed by atoms with Crippen LogP contribution in [0.5, 0.6) is 0 Å². The standard InChI is InChI=1S/C16H20ClIN2/c17-11-16-19-14-10-13(18)7-8-15(14)20(16)9-3-6-12-4-1-2-5-12/h7-8,10,12H,1-6,9,11H2. The van der Waals surface area contributed by atoms with Crippen molar-refractivity contribution in [3.63, 3.8) is 0 Å². The van der Waals surface area contributed by atoms with Crippen LogP contribution < -0.4 is 0 Å². The molecule has 1 aliphatic carbocycles. The first kappa shape index (κ1) is 14.6. The molecular formula is C16H20ClIN2. The van der Waals surface area contributed by atoms with Crippen LogP contribution in [0.3, 0.4) is 0 Å². The van der Waals surface area contributed by atoms with Gasteiger partial charge in [-0.25, -0.2) is 4.98 Å². The van der Waals surface area contributed by atoms with Gasteiger partial charge < -0.3 is 4.57 Å². The fraction of sp³-hybridized carbons (Fsp3) is 0.562. The molecule has 2 aromatic rings. The SMILES string of the molecule is ClCc1nc2cc(I)ccc2n1CCCC1CCCC1. The summed E-state index contributed by atoms with van der Waals surface area (Å²) < 4.78 is 3.54. The van der Waals surface area contributed by atoms with E-state index in [9.17, 15) is 0 Å². The van der Waals surface area contributed by atoms with Crippen LogP contribution in [0.2, 0.25) is 0 Å². The number of benzene rings is 1. The summed E-state index contributed by atoms with van der Waals surface area (Å²) in [7, 11) is 0. The van der Waals surface area contributed by atoms with Crippen molar-refractivity contribution in [1.29, 1.82) is 0 Å². The Bertz CT molecular complexity index is 587. The Morgan fingerprint density at radius 3 is 2.85 bits per heavy atom. The fourth-order valence-electron chi connectivity index (χ4n) is 3.34. The number of alkyl halides is 1. The highest BCUT2D eigenvalue weighted by atomic mass is 127. The highest BCUT2D eigenvalue weighted by Gasteiger charge is 2.15. The Kier molecular flexibility index (Phi) is 4.87. The number of aryl methyl sites for hydroxylation is 1. The van der Waals surface area contributed by atoms with Crippen molar-refractivity contribution in [3.05, 3.63) is 27.6 Å². The first-order chi connectivity index (χ1) is 9.78. The normalized spacial score (nSPS) is 16.3. The molecule has 0 aliphatic heterocycles. The van der Waals surface area contributed by atoms with Crippen LogP contribution in [0.1, 0.15) is 44.3 Å². The van der Waals surface area contributed by atoms with Crippen LogP contribution >= 0.6 is 34.2 Å². The monoisotopic (exact) mass is 402 g/mol. The summed E-state index contributed by atoms with van der Waals surface area (Å²) in [6.07, 6.45) is 8.34. The van der Waals surface area contributed by atoms with E-state index in [0.717, 1.165) is 23.8 Å². The number of aromatic nitrogens is 2. The second kappa shape index (κ2) is 6.65. The van der Waals surface area contributed by atoms with E-state index in [1.54, 1.807) is 0 Å². The highest BCUT2D eigenvalue weighted by molar-refractivity contribution is 14.1. The number of nitrogens with zero attached hydrogens (tertiary/aromatic N) is 2. The molecule has 0 saturated heterocycles. The molecule has 4 heteroatoms. The molecule has 0 amide bonds. The van der Waals surface area contributed by atoms with Crippen molar-refractivity contribution >= 4 is 45.2 Å². The van der Waals surface area contributed by atoms with Gasteiger partial charge in [-0.1, -0.05) is 25.7 Å². The van der Waals surface area contributed by atoms with Crippen LogP contribution in [-0.4, -0.2) is 9.55 Å². The van der Waals surface area contributed by atoms with Gasteiger partial charge in [0.2, 0.25) is 0 Å². The minimum absolute atomic E-state index is 0.495. The molecule has 0 bridgehead atoms. The molecule has 0 atom stereocenters. The number of halogens is 2. The molecule has 1 saturated carbocycles. The van der Waals surface area contributed by atoms with Crippen LogP contribution in [0.4, 0.5) is 0 Å². The lowest BCUT2D eigenvalue weighted by atomic mass is 10.0. The van der Waals surface area contributed by atoms with Gasteiger partial charge in [0.25, 0.3) is 0 Å². The predicted octanol–water partition coefficient (Wildman–Crippen LogP) is 5.35. The summed E-state index contributed by atoms with van der Waals surface area (Å²) in [5.74, 6) is 2.47. The summed E-state index contributed by atoms with van der Waals surface area (Å²) in [6.45, 7) is 1.05. The minimum atomic E-state index is 0.495. The van der Waals surface area contributed by atoms with E-state index >= 15 is 0 Å². The van der Waals surface area contributed by atoms with Gasteiger partial charge in [0.15, 0.2) is 0 Å². The maximum absolute atomic E-state index is 6.06. The number of hydrogen-bond acceptors (Lipinski definition) is 1. The molecule has 1 aromatic carbocycles. The molecule has 1 heterocycles. The van der Waals surface area contributed by atoms with E-state index < -0.39 is 0 Å². The van der Waals surface area contributed by atoms with Crippen LogP contribution in [-0.2, 0) is 12.4 Å². The Labute approximate surface area is 139 Å². The van der Waals surface area contributed by atoms with Crippen LogP contribution in [0, 0.1) is 9.49 Å². The number of hydrogen-bond donors (Lipinski definition) is 0. The first-order valence-corrected chi connectivity index (χ1v) is 9.10. The molecule has 3 rings (SSSR count). The summed E-state index contributed by atoms with van der Waals surface area (Å²) >= 11 is 8.40. The zero-order valence-corrected chi connectivity index (χ0v) is 14.5. The Morgan fingerprint density at radius 2 is 2.10 bits per heavy atom. The molecular weight excluding hydrogens is 383 g/mol. The summed E-state index contributed by atoms with van der Waals surface area (Å²) in [4.78, 5) is 4.67. The van der Waals surface area contributed by atoms with Gasteiger partial charge in [0.05, 0.1) is 16.9 Å². The van der Waals surface area contributed by atoms with Gasteiger partial charge in [0.1, 0.15) is 5.82 Å². The van der Waals surface area contributed by atoms with E-state index in [1.807, 2.05) is 0 Å². The van der Waals surface area contributed by atoms with Gasteiger partial charge in [0, 0.05) is 10.1 Å². The van der Waals surface area contributed by atoms with E-state index in [-0.39, 0.29) is 0 Å². The van der Waals surface area contributed by atoms with Crippen molar-refractivity contribution in [1.82, 2.24) is 9.55 Å². The van der Waals surface area contributed by atoms with E-state index in [2.05, 4.69) is 50.3 Å². The second-order valence-electron chi connectivity index (χ2n) is 5.74. The van der Waals surface area contributed by atoms with Crippen LogP contribution in [0.15, 0.2) is 18.2 Å². The first-order valence-electron chi connectivity index (χ1n) is 7.48. The maximum atomic E-state index is 6.06. The summed E-state index contributed by atoms with van der Waals surface area (Å²) in [5.41, 5.74) is 2.31. The van der Waals surface area contributed by atoms with Crippen molar-refractivity contribution in [2.24, 2.45) is 5.92 Å². The lowest BCUT2D eigenvalue weighted by Gasteiger charge is -2.11. The van der Waals surface area contributed by atoms with Gasteiger partial charge in [-0.15, -0.1) is 11.6 Å². The van der Waals surface area contributed by atoms with Gasteiger partial charge in [-0.2, -0.15) is 0 Å². The lowest BCUT2D eigenvalue weighted by molar-refractivity contribution is 0.459. The molecule has 0 N–H and O–H groups in total. The molecule has 1 fully saturated rings. The third-order valence-electron chi connectivity index (χ3n) is 4.38. The zero-order valence-electron chi connectivity index (χ0n) is 11.6. The molecule has 20 heavy (non-hydrogen) atoms. The van der Waals surface area contributed by atoms with Crippen molar-refractivity contribution in [2.75, 3.05) is 0 Å². The lowest BCUT2D eigenvalue weighted by Crippen LogP contribution is -2.04. The third kappa shape index (κ3) is 3.14. The fourth-order valence-corrected chi connectivity index (χ4v) is 4.02. The molecule has 1 aromatic heterocycles. The zero-order chi connectivity index (χ0) is 13.9. The molecule has 1 aliphatic rings. The van der Waals surface area contributed by atoms with Crippen molar-refractivity contribution < 1.29 is 0 Å². The Hall–Kier alpha value is -0.290. The Balaban J connectivity index is 1.75. The second-order valence-corrected chi connectivity index (χ2v) is 7.25. The smallest absolute Gasteiger partial charge is 0.124 e. The highest BCUT2D eigenvalue weighted by Crippen LogP contribution is 2.29. The number of rotatable bonds is 5. The van der Waals surface area contributed by atoms with Gasteiger partial charge in [-0.05, 0) is 59.5 Å². The number of fused-ring (bicyclic) bond motifs is 1. The van der Waals surface area contributed by atoms with Gasteiger partial charge in [-0.3, -0.25) is 0 Å². The van der Waals surface area contributed by atoms with E-state index in [4.69, 9.17) is 11.6 Å². The summed E-state index contributed by atoms with van der Waals surface area (Å²) in [6, 6.07) is 6.46. The van der Waals surface area contributed by atoms with Crippen molar-refractivity contribution in [3.8, 4) is 0 Å². The average molecular weight is 403 g/mol. The molecule has 0 unspecified atom stereocenters. The largest absolute Gasteiger partial charge is 0.327 e. The molecule has 108 valence electrons. The van der Waals surface area contributed by atoms with E-state index in [1.165, 1.54) is 47.6 Å². The number of imidazole rings is 1. The molecule has 0 spiro atoms. The third-order valence-corrected chi connectivity index (χ3v) is 5.29. The van der Waals surface area contributed by atoms with Gasteiger partial charge >= 0.3 is 0 Å². The predicted molar refractivity (Wildman–Crippen MR) is 93.2 cm³/mol. The van der Waals surface area contributed by atoms with Crippen molar-refractivity contribution in [2.45, 2.75) is 50.9 Å². The minimum Gasteiger partial charge on any atom is -0.327 e.